The Balaban J connectivity index is 2.04. The van der Waals surface area contributed by atoms with Crippen LogP contribution in [0.3, 0.4) is 0 Å². The van der Waals surface area contributed by atoms with E-state index in [1.54, 1.807) is 0 Å². The minimum atomic E-state index is -0.0290. The molecule has 0 saturated heterocycles. The minimum Gasteiger partial charge on any atom is -0.379 e. The number of hydrogen-bond acceptors (Lipinski definition) is 3. The summed E-state index contributed by atoms with van der Waals surface area (Å²) in [5, 5.41) is 0. The maximum absolute atomic E-state index is 6.15. The van der Waals surface area contributed by atoms with Crippen LogP contribution in [0, 0.1) is 17.8 Å². The second-order valence-corrected chi connectivity index (χ2v) is 8.42. The fourth-order valence-electron chi connectivity index (χ4n) is 3.72. The summed E-state index contributed by atoms with van der Waals surface area (Å²) in [5.74, 6) is 2.20. The molecular weight excluding hydrogens is 288 g/mol. The van der Waals surface area contributed by atoms with E-state index in [1.165, 1.54) is 19.3 Å². The maximum atomic E-state index is 6.15. The SMILES string of the molecule is CC(C)C1C(C)CCCC1OCCOCCCCOC(C)(C)C. The lowest BCUT2D eigenvalue weighted by Gasteiger charge is -2.39. The fourth-order valence-corrected chi connectivity index (χ4v) is 3.72. The Morgan fingerprint density at radius 1 is 0.957 bits per heavy atom. The van der Waals surface area contributed by atoms with Crippen LogP contribution in [-0.4, -0.2) is 38.1 Å². The highest BCUT2D eigenvalue weighted by Crippen LogP contribution is 2.36. The molecule has 1 aliphatic carbocycles. The van der Waals surface area contributed by atoms with Crippen LogP contribution in [-0.2, 0) is 14.2 Å². The van der Waals surface area contributed by atoms with Crippen molar-refractivity contribution in [3.63, 3.8) is 0 Å². The zero-order chi connectivity index (χ0) is 17.3. The molecule has 0 bridgehead atoms. The molecule has 0 N–H and O–H groups in total. The average Bonchev–Trinajstić information content (AvgIpc) is 2.44. The van der Waals surface area contributed by atoms with E-state index in [1.807, 2.05) is 0 Å². The van der Waals surface area contributed by atoms with Gasteiger partial charge in [-0.25, -0.2) is 0 Å². The first-order chi connectivity index (χ1) is 10.8. The molecule has 1 rings (SSSR count). The molecule has 0 spiro atoms. The lowest BCUT2D eigenvalue weighted by atomic mass is 9.72. The van der Waals surface area contributed by atoms with E-state index in [4.69, 9.17) is 14.2 Å². The Morgan fingerprint density at radius 3 is 2.30 bits per heavy atom. The van der Waals surface area contributed by atoms with Crippen molar-refractivity contribution in [3.8, 4) is 0 Å². The standard InChI is InChI=1S/C20H40O3/c1-16(2)19-17(3)10-9-11-18(19)22-15-14-21-12-7-8-13-23-20(4,5)6/h16-19H,7-15H2,1-6H3. The Kier molecular flexibility index (Phi) is 9.72. The molecular formula is C20H40O3. The van der Waals surface area contributed by atoms with Crippen LogP contribution in [0.5, 0.6) is 0 Å². The molecule has 0 amide bonds. The minimum absolute atomic E-state index is 0.0290. The molecule has 3 unspecified atom stereocenters. The van der Waals surface area contributed by atoms with Crippen molar-refractivity contribution in [2.24, 2.45) is 17.8 Å². The summed E-state index contributed by atoms with van der Waals surface area (Å²) in [7, 11) is 0. The van der Waals surface area contributed by atoms with E-state index in [0.29, 0.717) is 17.9 Å². The summed E-state index contributed by atoms with van der Waals surface area (Å²) in [6.07, 6.45) is 6.44. The Hall–Kier alpha value is -0.120. The molecule has 0 aromatic carbocycles. The number of rotatable bonds is 10. The van der Waals surface area contributed by atoms with Gasteiger partial charge in [0.15, 0.2) is 0 Å². The van der Waals surface area contributed by atoms with E-state index in [2.05, 4.69) is 41.5 Å². The molecule has 1 fully saturated rings. The highest BCUT2D eigenvalue weighted by Gasteiger charge is 2.33. The zero-order valence-electron chi connectivity index (χ0n) is 16.4. The second-order valence-electron chi connectivity index (χ2n) is 8.42. The summed E-state index contributed by atoms with van der Waals surface area (Å²) < 4.78 is 17.5. The van der Waals surface area contributed by atoms with Crippen molar-refractivity contribution in [2.75, 3.05) is 26.4 Å². The van der Waals surface area contributed by atoms with Crippen LogP contribution < -0.4 is 0 Å². The van der Waals surface area contributed by atoms with Gasteiger partial charge in [0, 0.05) is 13.2 Å². The molecule has 3 nitrogen and oxygen atoms in total. The molecule has 0 heterocycles. The van der Waals surface area contributed by atoms with Gasteiger partial charge in [-0.05, 0) is 57.8 Å². The van der Waals surface area contributed by atoms with Crippen LogP contribution in [0.1, 0.15) is 73.6 Å². The molecule has 3 atom stereocenters. The van der Waals surface area contributed by atoms with Crippen LogP contribution in [0.15, 0.2) is 0 Å². The van der Waals surface area contributed by atoms with Crippen molar-refractivity contribution in [1.82, 2.24) is 0 Å². The lowest BCUT2D eigenvalue weighted by molar-refractivity contribution is -0.0652. The summed E-state index contributed by atoms with van der Waals surface area (Å²) in [6, 6.07) is 0. The van der Waals surface area contributed by atoms with E-state index in [-0.39, 0.29) is 5.60 Å². The molecule has 1 saturated carbocycles. The summed E-state index contributed by atoms with van der Waals surface area (Å²) in [4.78, 5) is 0. The van der Waals surface area contributed by atoms with E-state index in [9.17, 15) is 0 Å². The molecule has 3 heteroatoms. The van der Waals surface area contributed by atoms with Crippen LogP contribution in [0.4, 0.5) is 0 Å². The largest absolute Gasteiger partial charge is 0.379 e. The lowest BCUT2D eigenvalue weighted by Crippen LogP contribution is -2.37. The van der Waals surface area contributed by atoms with Gasteiger partial charge in [-0.15, -0.1) is 0 Å². The first kappa shape index (κ1) is 20.9. The fraction of sp³-hybridized carbons (Fsp3) is 1.00. The zero-order valence-corrected chi connectivity index (χ0v) is 16.4. The Labute approximate surface area is 144 Å². The molecule has 0 radical (unpaired) electrons. The topological polar surface area (TPSA) is 27.7 Å². The van der Waals surface area contributed by atoms with Gasteiger partial charge in [-0.1, -0.05) is 33.6 Å². The smallest absolute Gasteiger partial charge is 0.0704 e. The summed E-state index contributed by atoms with van der Waals surface area (Å²) >= 11 is 0. The first-order valence-electron chi connectivity index (χ1n) is 9.64. The van der Waals surface area contributed by atoms with Gasteiger partial charge >= 0.3 is 0 Å². The van der Waals surface area contributed by atoms with Crippen LogP contribution in [0.2, 0.25) is 0 Å². The second kappa shape index (κ2) is 10.7. The van der Waals surface area contributed by atoms with Crippen LogP contribution >= 0.6 is 0 Å². The highest BCUT2D eigenvalue weighted by atomic mass is 16.5. The van der Waals surface area contributed by atoms with Gasteiger partial charge in [-0.2, -0.15) is 0 Å². The normalized spacial score (nSPS) is 26.0. The third kappa shape index (κ3) is 9.07. The highest BCUT2D eigenvalue weighted by molar-refractivity contribution is 4.82. The molecule has 138 valence electrons. The summed E-state index contributed by atoms with van der Waals surface area (Å²) in [6.45, 7) is 16.4. The van der Waals surface area contributed by atoms with Crippen molar-refractivity contribution < 1.29 is 14.2 Å². The third-order valence-corrected chi connectivity index (χ3v) is 4.78. The quantitative estimate of drug-likeness (QED) is 0.524. The molecule has 0 aromatic rings. The molecule has 23 heavy (non-hydrogen) atoms. The molecule has 0 aliphatic heterocycles. The predicted octanol–water partition coefficient (Wildman–Crippen LogP) is 5.08. The maximum Gasteiger partial charge on any atom is 0.0704 e. The van der Waals surface area contributed by atoms with Gasteiger partial charge in [0.1, 0.15) is 0 Å². The van der Waals surface area contributed by atoms with Gasteiger partial charge in [-0.3, -0.25) is 0 Å². The van der Waals surface area contributed by atoms with E-state index >= 15 is 0 Å². The molecule has 0 aromatic heterocycles. The first-order valence-corrected chi connectivity index (χ1v) is 9.64. The van der Waals surface area contributed by atoms with Crippen molar-refractivity contribution in [1.29, 1.82) is 0 Å². The Bertz CT molecular complexity index is 296. The number of unbranched alkanes of at least 4 members (excludes halogenated alkanes) is 1. The predicted molar refractivity (Wildman–Crippen MR) is 96.8 cm³/mol. The van der Waals surface area contributed by atoms with Gasteiger partial charge < -0.3 is 14.2 Å². The molecule has 1 aliphatic rings. The van der Waals surface area contributed by atoms with Crippen molar-refractivity contribution in [2.45, 2.75) is 85.4 Å². The summed E-state index contributed by atoms with van der Waals surface area (Å²) in [5.41, 5.74) is -0.0290. The van der Waals surface area contributed by atoms with E-state index in [0.717, 1.165) is 45.2 Å². The third-order valence-electron chi connectivity index (χ3n) is 4.78. The number of ether oxygens (including phenoxy) is 3. The van der Waals surface area contributed by atoms with Crippen molar-refractivity contribution in [3.05, 3.63) is 0 Å². The van der Waals surface area contributed by atoms with E-state index < -0.39 is 0 Å². The van der Waals surface area contributed by atoms with Crippen LogP contribution in [0.25, 0.3) is 0 Å². The van der Waals surface area contributed by atoms with Crippen molar-refractivity contribution >= 4 is 0 Å². The van der Waals surface area contributed by atoms with Gasteiger partial charge in [0.05, 0.1) is 24.9 Å². The Morgan fingerprint density at radius 2 is 1.65 bits per heavy atom. The average molecular weight is 329 g/mol. The number of hydrogen-bond donors (Lipinski definition) is 0. The van der Waals surface area contributed by atoms with Gasteiger partial charge in [0.25, 0.3) is 0 Å². The van der Waals surface area contributed by atoms with Gasteiger partial charge in [0.2, 0.25) is 0 Å². The monoisotopic (exact) mass is 328 g/mol.